The Balaban J connectivity index is 2.88. The molecule has 0 aliphatic rings. The Labute approximate surface area is 120 Å². The highest BCUT2D eigenvalue weighted by Crippen LogP contribution is 2.30. The predicted octanol–water partition coefficient (Wildman–Crippen LogP) is 2.29. The monoisotopic (exact) mass is 281 g/mol. The minimum absolute atomic E-state index is 0.305. The van der Waals surface area contributed by atoms with E-state index in [0.717, 1.165) is 0 Å². The van der Waals surface area contributed by atoms with Crippen molar-refractivity contribution in [1.29, 1.82) is 0 Å². The van der Waals surface area contributed by atoms with Gasteiger partial charge in [0.15, 0.2) is 11.5 Å². The maximum atomic E-state index is 11.6. The van der Waals surface area contributed by atoms with Crippen molar-refractivity contribution in [2.45, 2.75) is 26.8 Å². The number of hydrogen-bond acceptors (Lipinski definition) is 5. The fourth-order valence-corrected chi connectivity index (χ4v) is 1.62. The maximum absolute atomic E-state index is 11.6. The first-order valence-corrected chi connectivity index (χ1v) is 6.72. The fraction of sp³-hybridized carbons (Fsp3) is 0.533. The molecule has 0 fully saturated rings. The van der Waals surface area contributed by atoms with Crippen LogP contribution in [0.1, 0.15) is 32.4 Å². The first-order valence-electron chi connectivity index (χ1n) is 6.72. The van der Waals surface area contributed by atoms with Crippen LogP contribution < -0.4 is 15.2 Å². The minimum atomic E-state index is -0.817. The third kappa shape index (κ3) is 4.42. The summed E-state index contributed by atoms with van der Waals surface area (Å²) < 4.78 is 15.8. The van der Waals surface area contributed by atoms with Gasteiger partial charge in [-0.15, -0.1) is 0 Å². The van der Waals surface area contributed by atoms with E-state index in [1.54, 1.807) is 32.2 Å². The van der Waals surface area contributed by atoms with Crippen molar-refractivity contribution < 1.29 is 19.0 Å². The zero-order valence-electron chi connectivity index (χ0n) is 12.5. The Morgan fingerprint density at radius 1 is 1.30 bits per heavy atom. The third-order valence-corrected chi connectivity index (χ3v) is 2.66. The summed E-state index contributed by atoms with van der Waals surface area (Å²) in [5.41, 5.74) is 6.49. The first-order chi connectivity index (χ1) is 9.49. The molecule has 1 aromatic rings. The molecule has 1 rings (SSSR count). The van der Waals surface area contributed by atoms with E-state index in [4.69, 9.17) is 19.9 Å². The Morgan fingerprint density at radius 3 is 2.55 bits per heavy atom. The summed E-state index contributed by atoms with van der Waals surface area (Å²) in [7, 11) is 1.55. The number of carbonyl (C=O) groups is 1. The van der Waals surface area contributed by atoms with E-state index in [2.05, 4.69) is 13.8 Å². The van der Waals surface area contributed by atoms with Crippen LogP contribution in [-0.2, 0) is 9.53 Å². The van der Waals surface area contributed by atoms with Gasteiger partial charge in [0.25, 0.3) is 0 Å². The van der Waals surface area contributed by atoms with Crippen LogP contribution in [0.2, 0.25) is 0 Å². The van der Waals surface area contributed by atoms with Crippen molar-refractivity contribution in [3.8, 4) is 11.5 Å². The number of carbonyl (C=O) groups excluding carboxylic acids is 1. The second-order valence-electron chi connectivity index (χ2n) is 4.84. The molecule has 0 aromatic heterocycles. The van der Waals surface area contributed by atoms with Gasteiger partial charge in [0.1, 0.15) is 6.04 Å². The van der Waals surface area contributed by atoms with Crippen molar-refractivity contribution in [2.24, 2.45) is 11.7 Å². The van der Waals surface area contributed by atoms with Gasteiger partial charge in [0.05, 0.1) is 20.3 Å². The van der Waals surface area contributed by atoms with Gasteiger partial charge in [-0.25, -0.2) is 4.79 Å². The van der Waals surface area contributed by atoms with Crippen LogP contribution in [0.4, 0.5) is 0 Å². The van der Waals surface area contributed by atoms with Gasteiger partial charge in [0, 0.05) is 0 Å². The van der Waals surface area contributed by atoms with Crippen LogP contribution in [0.3, 0.4) is 0 Å². The molecule has 112 valence electrons. The number of methoxy groups -OCH3 is 1. The zero-order chi connectivity index (χ0) is 15.1. The van der Waals surface area contributed by atoms with Gasteiger partial charge in [-0.3, -0.25) is 0 Å². The van der Waals surface area contributed by atoms with Crippen molar-refractivity contribution in [3.05, 3.63) is 23.8 Å². The molecule has 0 aliphatic heterocycles. The zero-order valence-corrected chi connectivity index (χ0v) is 12.5. The van der Waals surface area contributed by atoms with E-state index in [0.29, 0.717) is 36.2 Å². The summed E-state index contributed by atoms with van der Waals surface area (Å²) in [6.45, 7) is 6.78. The molecule has 0 radical (unpaired) electrons. The van der Waals surface area contributed by atoms with Gasteiger partial charge in [-0.2, -0.15) is 0 Å². The number of nitrogens with two attached hydrogens (primary N) is 1. The Hall–Kier alpha value is -1.75. The lowest BCUT2D eigenvalue weighted by Gasteiger charge is -2.16. The number of hydrogen-bond donors (Lipinski definition) is 1. The highest BCUT2D eigenvalue weighted by molar-refractivity contribution is 5.77. The van der Waals surface area contributed by atoms with Crippen molar-refractivity contribution in [1.82, 2.24) is 0 Å². The van der Waals surface area contributed by atoms with E-state index in [1.165, 1.54) is 0 Å². The summed E-state index contributed by atoms with van der Waals surface area (Å²) in [6.07, 6.45) is 0. The summed E-state index contributed by atoms with van der Waals surface area (Å²) in [4.78, 5) is 11.6. The van der Waals surface area contributed by atoms with Gasteiger partial charge in [-0.1, -0.05) is 19.9 Å². The summed E-state index contributed by atoms with van der Waals surface area (Å²) in [5.74, 6) is 1.16. The molecule has 0 saturated carbocycles. The smallest absolute Gasteiger partial charge is 0.327 e. The Bertz CT molecular complexity index is 445. The average molecular weight is 281 g/mol. The summed E-state index contributed by atoms with van der Waals surface area (Å²) in [6, 6.07) is 4.40. The number of rotatable bonds is 7. The molecule has 0 saturated heterocycles. The standard InChI is InChI=1S/C15H23NO4/c1-5-19-15(17)14(16)11-6-7-12(13(8-11)18-4)20-9-10(2)3/h6-8,10,14H,5,9,16H2,1-4H3. The molecular formula is C15H23NO4. The second-order valence-corrected chi connectivity index (χ2v) is 4.84. The number of ether oxygens (including phenoxy) is 3. The molecule has 0 aliphatic carbocycles. The molecule has 5 nitrogen and oxygen atoms in total. The molecule has 1 aromatic carbocycles. The maximum Gasteiger partial charge on any atom is 0.327 e. The SMILES string of the molecule is CCOC(=O)C(N)c1ccc(OCC(C)C)c(OC)c1. The van der Waals surface area contributed by atoms with Gasteiger partial charge in [0.2, 0.25) is 0 Å². The molecule has 0 amide bonds. The molecule has 20 heavy (non-hydrogen) atoms. The van der Waals surface area contributed by atoms with E-state index >= 15 is 0 Å². The Kier molecular flexibility index (Phi) is 6.31. The second kappa shape index (κ2) is 7.75. The van der Waals surface area contributed by atoms with Gasteiger partial charge in [-0.05, 0) is 30.5 Å². The molecular weight excluding hydrogens is 258 g/mol. The lowest BCUT2D eigenvalue weighted by molar-refractivity contribution is -0.144. The van der Waals surface area contributed by atoms with Gasteiger partial charge >= 0.3 is 5.97 Å². The van der Waals surface area contributed by atoms with Crippen LogP contribution >= 0.6 is 0 Å². The van der Waals surface area contributed by atoms with E-state index < -0.39 is 12.0 Å². The van der Waals surface area contributed by atoms with Crippen molar-refractivity contribution >= 4 is 5.97 Å². The molecule has 0 bridgehead atoms. The summed E-state index contributed by atoms with van der Waals surface area (Å²) in [5, 5.41) is 0. The topological polar surface area (TPSA) is 70.8 Å². The largest absolute Gasteiger partial charge is 0.493 e. The molecule has 5 heteroatoms. The van der Waals surface area contributed by atoms with E-state index in [1.807, 2.05) is 0 Å². The number of benzene rings is 1. The van der Waals surface area contributed by atoms with Crippen LogP contribution in [0.15, 0.2) is 18.2 Å². The van der Waals surface area contributed by atoms with Gasteiger partial charge < -0.3 is 19.9 Å². The fourth-order valence-electron chi connectivity index (χ4n) is 1.62. The molecule has 2 N–H and O–H groups in total. The van der Waals surface area contributed by atoms with Crippen molar-refractivity contribution in [3.63, 3.8) is 0 Å². The van der Waals surface area contributed by atoms with E-state index in [9.17, 15) is 4.79 Å². The third-order valence-electron chi connectivity index (χ3n) is 2.66. The molecule has 0 spiro atoms. The van der Waals surface area contributed by atoms with Crippen LogP contribution in [-0.4, -0.2) is 26.3 Å². The minimum Gasteiger partial charge on any atom is -0.493 e. The molecule has 1 unspecified atom stereocenters. The van der Waals surface area contributed by atoms with Crippen molar-refractivity contribution in [2.75, 3.05) is 20.3 Å². The van der Waals surface area contributed by atoms with E-state index in [-0.39, 0.29) is 0 Å². The predicted molar refractivity (Wildman–Crippen MR) is 76.9 cm³/mol. The highest BCUT2D eigenvalue weighted by atomic mass is 16.5. The van der Waals surface area contributed by atoms with Crippen LogP contribution in [0, 0.1) is 5.92 Å². The summed E-state index contributed by atoms with van der Waals surface area (Å²) >= 11 is 0. The lowest BCUT2D eigenvalue weighted by Crippen LogP contribution is -2.23. The number of esters is 1. The molecule has 1 atom stereocenters. The van der Waals surface area contributed by atoms with Crippen LogP contribution in [0.5, 0.6) is 11.5 Å². The van der Waals surface area contributed by atoms with Crippen LogP contribution in [0.25, 0.3) is 0 Å². The highest BCUT2D eigenvalue weighted by Gasteiger charge is 2.19. The quantitative estimate of drug-likeness (QED) is 0.776. The first kappa shape index (κ1) is 16.3. The normalized spacial score (nSPS) is 12.1. The molecule has 0 heterocycles. The Morgan fingerprint density at radius 2 is 2.00 bits per heavy atom. The average Bonchev–Trinajstić information content (AvgIpc) is 2.44. The lowest BCUT2D eigenvalue weighted by atomic mass is 10.1.